The largest absolute Gasteiger partial charge is 0.311 e. The van der Waals surface area contributed by atoms with Crippen LogP contribution in [0.2, 0.25) is 0 Å². The van der Waals surface area contributed by atoms with Crippen molar-refractivity contribution >= 4 is 65.7 Å². The molecular weight excluding hydrogens is 581 g/mol. The van der Waals surface area contributed by atoms with Gasteiger partial charge in [-0.25, -0.2) is 0 Å². The predicted octanol–water partition coefficient (Wildman–Crippen LogP) is 12.6. The number of allylic oxidation sites excluding steroid dienone is 8. The Hall–Kier alpha value is -5.86. The third-order valence-corrected chi connectivity index (χ3v) is 10.4. The van der Waals surface area contributed by atoms with Crippen LogP contribution in [-0.2, 0) is 0 Å². The van der Waals surface area contributed by atoms with Crippen LogP contribution in [0.15, 0.2) is 158 Å². The Bertz CT molecular complexity index is 2690. The summed E-state index contributed by atoms with van der Waals surface area (Å²) in [4.78, 5) is 0. The fourth-order valence-electron chi connectivity index (χ4n) is 8.23. The third kappa shape index (κ3) is 4.06. The molecule has 2 heteroatoms. The van der Waals surface area contributed by atoms with Crippen LogP contribution in [-0.4, -0.2) is 9.13 Å². The first-order valence-corrected chi connectivity index (χ1v) is 17.2. The Kier molecular flexibility index (Phi) is 6.17. The molecule has 0 unspecified atom stereocenters. The van der Waals surface area contributed by atoms with Crippen molar-refractivity contribution in [1.82, 2.24) is 9.13 Å². The summed E-state index contributed by atoms with van der Waals surface area (Å²) in [6.45, 7) is 0. The summed E-state index contributed by atoms with van der Waals surface area (Å²) in [5.41, 5.74) is 12.6. The molecule has 2 aliphatic carbocycles. The van der Waals surface area contributed by atoms with Gasteiger partial charge in [-0.05, 0) is 89.1 Å². The van der Waals surface area contributed by atoms with Crippen LogP contribution >= 0.6 is 0 Å². The van der Waals surface area contributed by atoms with Crippen LogP contribution in [0.1, 0.15) is 31.2 Å². The number of benzene rings is 6. The molecule has 0 saturated carbocycles. The minimum atomic E-state index is 1.00. The van der Waals surface area contributed by atoms with E-state index in [-0.39, 0.29) is 0 Å². The second-order valence-corrected chi connectivity index (χ2v) is 13.1. The molecule has 0 atom stereocenters. The number of rotatable bonds is 4. The third-order valence-electron chi connectivity index (χ3n) is 10.4. The van der Waals surface area contributed by atoms with E-state index in [2.05, 4.69) is 167 Å². The normalized spacial score (nSPS) is 14.8. The van der Waals surface area contributed by atoms with E-state index in [1.807, 2.05) is 0 Å². The molecule has 2 heterocycles. The van der Waals surface area contributed by atoms with Crippen molar-refractivity contribution in [1.29, 1.82) is 0 Å². The number of nitrogens with zero attached hydrogens (tertiary/aromatic N) is 2. The first kappa shape index (κ1) is 27.3. The summed E-state index contributed by atoms with van der Waals surface area (Å²) in [5, 5.41) is 7.82. The second-order valence-electron chi connectivity index (χ2n) is 13.1. The zero-order valence-electron chi connectivity index (χ0n) is 26.7. The van der Waals surface area contributed by atoms with Crippen LogP contribution in [0.5, 0.6) is 0 Å². The number of para-hydroxylation sites is 1. The van der Waals surface area contributed by atoms with Crippen molar-refractivity contribution < 1.29 is 0 Å². The number of fused-ring (bicyclic) bond motifs is 10. The average Bonchev–Trinajstić information content (AvgIpc) is 3.69. The molecule has 0 aliphatic heterocycles. The van der Waals surface area contributed by atoms with Crippen LogP contribution in [0.25, 0.3) is 82.5 Å². The second kappa shape index (κ2) is 10.9. The average molecular weight is 615 g/mol. The van der Waals surface area contributed by atoms with Gasteiger partial charge in [-0.15, -0.1) is 0 Å². The highest BCUT2D eigenvalue weighted by molar-refractivity contribution is 6.36. The molecule has 0 N–H and O–H groups in total. The number of aromatic nitrogens is 2. The fraction of sp³-hybridized carbons (Fsp3) is 0.0870. The van der Waals surface area contributed by atoms with Crippen LogP contribution in [0, 0.1) is 0 Å². The predicted molar refractivity (Wildman–Crippen MR) is 206 cm³/mol. The van der Waals surface area contributed by atoms with Crippen molar-refractivity contribution in [3.8, 4) is 16.8 Å². The van der Waals surface area contributed by atoms with Crippen molar-refractivity contribution in [2.75, 3.05) is 0 Å². The van der Waals surface area contributed by atoms with E-state index in [0.717, 1.165) is 25.7 Å². The summed E-state index contributed by atoms with van der Waals surface area (Å²) in [5.74, 6) is 0. The Morgan fingerprint density at radius 2 is 1.12 bits per heavy atom. The highest BCUT2D eigenvalue weighted by Crippen LogP contribution is 2.48. The number of hydrogen-bond acceptors (Lipinski definition) is 0. The molecule has 8 aromatic rings. The minimum absolute atomic E-state index is 1.00. The van der Waals surface area contributed by atoms with E-state index < -0.39 is 0 Å². The summed E-state index contributed by atoms with van der Waals surface area (Å²) >= 11 is 0. The minimum Gasteiger partial charge on any atom is -0.311 e. The van der Waals surface area contributed by atoms with Crippen molar-refractivity contribution in [2.24, 2.45) is 0 Å². The maximum Gasteiger partial charge on any atom is 0.0795 e. The van der Waals surface area contributed by atoms with E-state index in [0.29, 0.717) is 0 Å². The van der Waals surface area contributed by atoms with Crippen LogP contribution < -0.4 is 0 Å². The van der Waals surface area contributed by atoms with Gasteiger partial charge < -0.3 is 9.13 Å². The van der Waals surface area contributed by atoms with Crippen molar-refractivity contribution in [3.05, 3.63) is 163 Å². The smallest absolute Gasteiger partial charge is 0.0795 e. The van der Waals surface area contributed by atoms with Gasteiger partial charge in [-0.2, -0.15) is 0 Å². The van der Waals surface area contributed by atoms with E-state index in [4.69, 9.17) is 0 Å². The number of hydrogen-bond donors (Lipinski definition) is 0. The molecule has 0 saturated heterocycles. The van der Waals surface area contributed by atoms with Crippen molar-refractivity contribution in [2.45, 2.75) is 25.7 Å². The molecular formula is C46H34N2. The van der Waals surface area contributed by atoms with Crippen molar-refractivity contribution in [3.63, 3.8) is 0 Å². The molecule has 2 nitrogen and oxygen atoms in total. The lowest BCUT2D eigenvalue weighted by Crippen LogP contribution is -2.02. The van der Waals surface area contributed by atoms with E-state index in [1.54, 1.807) is 0 Å². The highest BCUT2D eigenvalue weighted by Gasteiger charge is 2.26. The van der Waals surface area contributed by atoms with E-state index in [9.17, 15) is 0 Å². The summed E-state index contributed by atoms with van der Waals surface area (Å²) in [6, 6.07) is 45.0. The van der Waals surface area contributed by atoms with Gasteiger partial charge in [0.15, 0.2) is 0 Å². The lowest BCUT2D eigenvalue weighted by molar-refractivity contribution is 0.979. The maximum absolute atomic E-state index is 2.61. The highest BCUT2D eigenvalue weighted by atomic mass is 15.0. The lowest BCUT2D eigenvalue weighted by Gasteiger charge is -2.17. The molecule has 0 spiro atoms. The van der Waals surface area contributed by atoms with Gasteiger partial charge in [0.1, 0.15) is 0 Å². The van der Waals surface area contributed by atoms with E-state index in [1.165, 1.54) is 88.0 Å². The molecule has 0 radical (unpaired) electrons. The first-order valence-electron chi connectivity index (χ1n) is 17.2. The van der Waals surface area contributed by atoms with Gasteiger partial charge in [-0.1, -0.05) is 127 Å². The summed E-state index contributed by atoms with van der Waals surface area (Å²) < 4.78 is 5.14. The monoisotopic (exact) mass is 614 g/mol. The fourth-order valence-corrected chi connectivity index (χ4v) is 8.23. The standard InChI is InChI=1S/C46H34N2/c1-5-15-31(16-6-1)33-25-27-39-41(29-33)47(35-19-9-3-10-20-35)45-43(39)37-23-13-14-24-38(37)44-40-28-26-34(32-17-7-2-8-18-32)30-42(40)48(46(44)45)36-21-11-4-12-22-36/h1,3-7,9-11,13-21,23-30H,2,8,12,22H2. The van der Waals surface area contributed by atoms with E-state index >= 15 is 0 Å². The SMILES string of the molecule is C1=CCCC(n2c3cc(C4=CCCC=C4)ccc3c3c4ccccc4c4c5ccc(-c6ccccc6)cc5n(-c5ccccc5)c4c32)=C1. The topological polar surface area (TPSA) is 9.86 Å². The quantitative estimate of drug-likeness (QED) is 0.187. The maximum atomic E-state index is 2.61. The summed E-state index contributed by atoms with van der Waals surface area (Å²) in [7, 11) is 0. The van der Waals surface area contributed by atoms with Gasteiger partial charge in [-0.3, -0.25) is 0 Å². The summed E-state index contributed by atoms with van der Waals surface area (Å²) in [6.07, 6.45) is 18.1. The van der Waals surface area contributed by atoms with Gasteiger partial charge >= 0.3 is 0 Å². The van der Waals surface area contributed by atoms with Gasteiger partial charge in [0.2, 0.25) is 0 Å². The zero-order chi connectivity index (χ0) is 31.6. The van der Waals surface area contributed by atoms with Crippen LogP contribution in [0.4, 0.5) is 0 Å². The molecule has 0 fully saturated rings. The Morgan fingerprint density at radius 1 is 0.479 bits per heavy atom. The Morgan fingerprint density at radius 3 is 1.81 bits per heavy atom. The molecule has 0 bridgehead atoms. The molecule has 2 aromatic heterocycles. The molecule has 6 aromatic carbocycles. The van der Waals surface area contributed by atoms with Gasteiger partial charge in [0.25, 0.3) is 0 Å². The molecule has 0 amide bonds. The Balaban J connectivity index is 1.46. The lowest BCUT2D eigenvalue weighted by atomic mass is 9.96. The van der Waals surface area contributed by atoms with Gasteiger partial charge in [0.05, 0.1) is 22.1 Å². The molecule has 48 heavy (non-hydrogen) atoms. The van der Waals surface area contributed by atoms with Crippen LogP contribution in [0.3, 0.4) is 0 Å². The first-order chi connectivity index (χ1) is 23.8. The molecule has 228 valence electrons. The Labute approximate surface area is 279 Å². The molecule has 10 rings (SSSR count). The molecule has 2 aliphatic rings. The zero-order valence-corrected chi connectivity index (χ0v) is 26.7. The van der Waals surface area contributed by atoms with Gasteiger partial charge in [0, 0.05) is 32.9 Å².